The monoisotopic (exact) mass is 916 g/mol. The van der Waals surface area contributed by atoms with Crippen LogP contribution in [0.4, 0.5) is 44.2 Å². The number of carbonyl (C=O) groups is 2. The van der Waals surface area contributed by atoms with Gasteiger partial charge in [-0.05, 0) is 95.4 Å². The number of halogens is 1. The average molecular weight is 917 g/mol. The number of benzene rings is 4. The van der Waals surface area contributed by atoms with E-state index in [2.05, 4.69) is 73.3 Å². The largest absolute Gasteiger partial charge is 0.398 e. The summed E-state index contributed by atoms with van der Waals surface area (Å²) in [5, 5.41) is 38.1. The molecule has 0 amide bonds. The number of aldehydes is 2. The predicted molar refractivity (Wildman–Crippen MR) is 256 cm³/mol. The molecule has 3 aliphatic rings. The van der Waals surface area contributed by atoms with Gasteiger partial charge in [-0.2, -0.15) is 0 Å². The third-order valence-corrected chi connectivity index (χ3v) is 11.4. The van der Waals surface area contributed by atoms with E-state index in [1.807, 2.05) is 25.2 Å². The molecule has 3 saturated heterocycles. The van der Waals surface area contributed by atoms with Crippen molar-refractivity contribution < 1.29 is 28.7 Å². The quantitative estimate of drug-likeness (QED) is 0.0768. The highest BCUT2D eigenvalue weighted by molar-refractivity contribution is 5.83. The van der Waals surface area contributed by atoms with Crippen molar-refractivity contribution in [2.45, 2.75) is 13.1 Å². The third kappa shape index (κ3) is 15.2. The molecule has 3 aliphatic heterocycles. The molecule has 3 fully saturated rings. The van der Waals surface area contributed by atoms with E-state index in [9.17, 15) is 44.3 Å². The van der Waals surface area contributed by atoms with E-state index in [0.29, 0.717) is 12.8 Å². The molecule has 0 atom stereocenters. The highest BCUT2D eigenvalue weighted by atomic mass is 19.1. The molecule has 66 heavy (non-hydrogen) atoms. The number of nitrogen functional groups attached to an aromatic ring is 1. The van der Waals surface area contributed by atoms with Gasteiger partial charge < -0.3 is 45.8 Å². The summed E-state index contributed by atoms with van der Waals surface area (Å²) in [6.07, 6.45) is 0.791. The second-order valence-corrected chi connectivity index (χ2v) is 16.1. The first kappa shape index (κ1) is 52.0. The van der Waals surface area contributed by atoms with Crippen molar-refractivity contribution in [1.29, 1.82) is 0 Å². The highest BCUT2D eigenvalue weighted by Gasteiger charge is 2.21. The Morgan fingerprint density at radius 3 is 1.29 bits per heavy atom. The molecule has 4 aromatic rings. The van der Waals surface area contributed by atoms with Crippen LogP contribution in [-0.2, 0) is 13.1 Å². The number of carbonyl (C=O) groups excluding carboxylic acids is 2. The van der Waals surface area contributed by atoms with Gasteiger partial charge in [0.05, 0.1) is 25.9 Å². The van der Waals surface area contributed by atoms with E-state index in [0.717, 1.165) is 126 Å². The summed E-state index contributed by atoms with van der Waals surface area (Å²) in [4.78, 5) is 65.2. The zero-order valence-corrected chi connectivity index (χ0v) is 38.2. The number of hydrogen-bond donors (Lipinski definition) is 3. The summed E-state index contributed by atoms with van der Waals surface area (Å²) < 4.78 is 12.4. The van der Waals surface area contributed by atoms with Gasteiger partial charge in [-0.1, -0.05) is 0 Å². The van der Waals surface area contributed by atoms with Crippen LogP contribution in [0.1, 0.15) is 31.8 Å². The molecule has 0 spiro atoms. The second kappa shape index (κ2) is 25.7. The van der Waals surface area contributed by atoms with Crippen LogP contribution >= 0.6 is 0 Å². The number of likely N-dealkylation sites (N-methyl/N-ethyl adjacent to an activating group) is 3. The van der Waals surface area contributed by atoms with Crippen molar-refractivity contribution in [3.05, 3.63) is 131 Å². The van der Waals surface area contributed by atoms with Crippen molar-refractivity contribution in [3.63, 3.8) is 0 Å². The van der Waals surface area contributed by atoms with Crippen molar-refractivity contribution in [2.75, 3.05) is 134 Å². The van der Waals surface area contributed by atoms with E-state index in [4.69, 9.17) is 5.73 Å². The minimum absolute atomic E-state index is 0.136. The van der Waals surface area contributed by atoms with Gasteiger partial charge in [0.1, 0.15) is 5.82 Å². The summed E-state index contributed by atoms with van der Waals surface area (Å²) >= 11 is 0. The van der Waals surface area contributed by atoms with Crippen LogP contribution in [-0.4, -0.2) is 156 Å². The fraction of sp³-hybridized carbons (Fsp3) is 0.422. The molecular weight excluding hydrogens is 856 g/mol. The first-order chi connectivity index (χ1) is 31.6. The van der Waals surface area contributed by atoms with E-state index in [-0.39, 0.29) is 39.4 Å². The highest BCUT2D eigenvalue weighted by Crippen LogP contribution is 2.27. The Balaban J connectivity index is 0.000000195. The Morgan fingerprint density at radius 1 is 0.530 bits per heavy atom. The fourth-order valence-corrected chi connectivity index (χ4v) is 7.39. The minimum atomic E-state index is -0.733. The molecule has 0 aromatic heterocycles. The van der Waals surface area contributed by atoms with Gasteiger partial charge in [0.25, 0.3) is 17.1 Å². The molecular formula is C45H61FN12O8. The zero-order valence-electron chi connectivity index (χ0n) is 38.2. The number of nitro benzene ring substituents is 3. The normalized spacial score (nSPS) is 15.5. The first-order valence-corrected chi connectivity index (χ1v) is 21.5. The van der Waals surface area contributed by atoms with Crippen LogP contribution in [0, 0.1) is 36.2 Å². The van der Waals surface area contributed by atoms with E-state index in [1.165, 1.54) is 17.3 Å². The topological polar surface area (TPSA) is 233 Å². The van der Waals surface area contributed by atoms with Crippen LogP contribution in [0.25, 0.3) is 0 Å². The van der Waals surface area contributed by atoms with Crippen LogP contribution in [0.5, 0.6) is 0 Å². The van der Waals surface area contributed by atoms with E-state index in [1.54, 1.807) is 25.2 Å². The van der Waals surface area contributed by atoms with Gasteiger partial charge in [0.15, 0.2) is 12.6 Å². The molecule has 0 bridgehead atoms. The summed E-state index contributed by atoms with van der Waals surface area (Å²) in [5.74, 6) is -0.664. The van der Waals surface area contributed by atoms with Crippen LogP contribution < -0.4 is 31.1 Å². The number of nitrogens with zero attached hydrogens (tertiary/aromatic N) is 9. The summed E-state index contributed by atoms with van der Waals surface area (Å²) in [6, 6.07) is 19.2. The first-order valence-electron chi connectivity index (χ1n) is 21.5. The third-order valence-electron chi connectivity index (χ3n) is 11.4. The average Bonchev–Trinajstić information content (AvgIpc) is 3.31. The van der Waals surface area contributed by atoms with Crippen molar-refractivity contribution >= 4 is 52.4 Å². The standard InChI is InChI=1S/C13H20N4O2.C13H22N4.C12H15N3O3.C7H4FNO3/c1-14-10-11-9-12(3-4-13(11)17(18)19)16-7-5-15(2)6-8-16;1-15-10-11-9-12(3-4-13(11)14)17-7-5-16(2)6-8-17;1-13-4-6-14(7-5-13)11-2-3-12(15(17)18)10(8-11)9-16;8-6-1-2-7(9(11)12)5(3-6)4-10/h3-4,9,14H,5-8,10H2,1-2H3;3-4,9,15H,5-8,10,14H2,1-2H3;2-3,8-9H,4-7H2,1H3;1-4H. The van der Waals surface area contributed by atoms with Gasteiger partial charge in [-0.25, -0.2) is 4.39 Å². The number of rotatable bonds is 12. The smallest absolute Gasteiger partial charge is 0.280 e. The Kier molecular flexibility index (Phi) is 20.3. The van der Waals surface area contributed by atoms with Crippen LogP contribution in [0.3, 0.4) is 0 Å². The lowest BCUT2D eigenvalue weighted by Crippen LogP contribution is -2.44. The molecule has 0 saturated carbocycles. The predicted octanol–water partition coefficient (Wildman–Crippen LogP) is 4.51. The van der Waals surface area contributed by atoms with Crippen molar-refractivity contribution in [3.8, 4) is 0 Å². The molecule has 21 heteroatoms. The maximum atomic E-state index is 12.4. The number of piperazine rings is 3. The maximum absolute atomic E-state index is 12.4. The van der Waals surface area contributed by atoms with Gasteiger partial charge in [0, 0.05) is 138 Å². The van der Waals surface area contributed by atoms with Crippen LogP contribution in [0.15, 0.2) is 72.8 Å². The second-order valence-electron chi connectivity index (χ2n) is 16.1. The number of anilines is 4. The Labute approximate surface area is 384 Å². The number of nitrogens with one attached hydrogen (secondary N) is 2. The fourth-order valence-electron chi connectivity index (χ4n) is 7.39. The molecule has 3 heterocycles. The zero-order chi connectivity index (χ0) is 48.3. The maximum Gasteiger partial charge on any atom is 0.280 e. The van der Waals surface area contributed by atoms with Crippen molar-refractivity contribution in [1.82, 2.24) is 25.3 Å². The van der Waals surface area contributed by atoms with Crippen molar-refractivity contribution in [2.24, 2.45) is 0 Å². The van der Waals surface area contributed by atoms with Gasteiger partial charge in [-0.3, -0.25) is 39.9 Å². The lowest BCUT2D eigenvalue weighted by Gasteiger charge is -2.34. The lowest BCUT2D eigenvalue weighted by atomic mass is 10.1. The Hall–Kier alpha value is -6.65. The van der Waals surface area contributed by atoms with Gasteiger partial charge in [0.2, 0.25) is 0 Å². The molecule has 4 aromatic carbocycles. The summed E-state index contributed by atoms with van der Waals surface area (Å²) in [7, 11) is 10.1. The molecule has 20 nitrogen and oxygen atoms in total. The Bertz CT molecular complexity index is 2260. The lowest BCUT2D eigenvalue weighted by molar-refractivity contribution is -0.385. The molecule has 4 N–H and O–H groups in total. The Morgan fingerprint density at radius 2 is 0.879 bits per heavy atom. The van der Waals surface area contributed by atoms with Gasteiger partial charge in [-0.15, -0.1) is 0 Å². The van der Waals surface area contributed by atoms with Crippen LogP contribution in [0.2, 0.25) is 0 Å². The molecule has 356 valence electrons. The summed E-state index contributed by atoms with van der Waals surface area (Å²) in [5.41, 5.74) is 11.5. The minimum Gasteiger partial charge on any atom is -0.398 e. The summed E-state index contributed by atoms with van der Waals surface area (Å²) in [6.45, 7) is 13.4. The number of nitro groups is 3. The van der Waals surface area contributed by atoms with E-state index >= 15 is 0 Å². The van der Waals surface area contributed by atoms with Gasteiger partial charge >= 0.3 is 0 Å². The molecule has 0 radical (unpaired) electrons. The molecule has 0 unspecified atom stereocenters. The SMILES string of the molecule is CN1CCN(c2ccc([N+](=O)[O-])c(C=O)c2)CC1.CNCc1cc(N2CCN(C)CC2)ccc1N.CNCc1cc(N2CCN(C)CC2)ccc1[N+](=O)[O-].O=Cc1cc(F)ccc1[N+](=O)[O-]. The molecule has 0 aliphatic carbocycles. The number of nitrogens with two attached hydrogens (primary N) is 1. The number of hydrogen-bond acceptors (Lipinski definition) is 17. The molecule has 7 rings (SSSR count). The van der Waals surface area contributed by atoms with E-state index < -0.39 is 15.7 Å².